The third kappa shape index (κ3) is 2.91. The van der Waals surface area contributed by atoms with E-state index in [0.717, 1.165) is 5.56 Å². The summed E-state index contributed by atoms with van der Waals surface area (Å²) in [7, 11) is 1.52. The summed E-state index contributed by atoms with van der Waals surface area (Å²) in [5.74, 6) is 0.165. The molecule has 2 rings (SSSR count). The van der Waals surface area contributed by atoms with E-state index in [1.807, 2.05) is 0 Å². The van der Waals surface area contributed by atoms with Crippen LogP contribution in [0.3, 0.4) is 0 Å². The molecule has 0 aliphatic rings. The molecule has 2 N–H and O–H groups in total. The number of hydrogen-bond donors (Lipinski definition) is 1. The van der Waals surface area contributed by atoms with Crippen molar-refractivity contribution in [2.45, 2.75) is 6.04 Å². The SMILES string of the molecule is COc1cc(C(N)c2c(F)cccc2Br)ccc1Cl. The number of methoxy groups -OCH3 is 1. The molecule has 1 unspecified atom stereocenters. The van der Waals surface area contributed by atoms with Crippen LogP contribution in [-0.4, -0.2) is 7.11 Å². The molecule has 0 aliphatic heterocycles. The molecular formula is C14H12BrClFNO. The molecule has 19 heavy (non-hydrogen) atoms. The van der Waals surface area contributed by atoms with E-state index in [4.69, 9.17) is 22.1 Å². The minimum absolute atomic E-state index is 0.351. The van der Waals surface area contributed by atoms with E-state index in [1.165, 1.54) is 13.2 Å². The van der Waals surface area contributed by atoms with Crippen LogP contribution in [0.25, 0.3) is 0 Å². The lowest BCUT2D eigenvalue weighted by Crippen LogP contribution is -2.14. The zero-order chi connectivity index (χ0) is 14.0. The van der Waals surface area contributed by atoms with Gasteiger partial charge in [0.15, 0.2) is 0 Å². The van der Waals surface area contributed by atoms with E-state index in [1.54, 1.807) is 30.3 Å². The summed E-state index contributed by atoms with van der Waals surface area (Å²) in [6.45, 7) is 0. The van der Waals surface area contributed by atoms with Crippen molar-refractivity contribution in [2.24, 2.45) is 5.73 Å². The third-order valence-corrected chi connectivity index (χ3v) is 3.85. The summed E-state index contributed by atoms with van der Waals surface area (Å²) >= 11 is 9.28. The molecule has 0 bridgehead atoms. The highest BCUT2D eigenvalue weighted by molar-refractivity contribution is 9.10. The van der Waals surface area contributed by atoms with Gasteiger partial charge in [-0.3, -0.25) is 0 Å². The quantitative estimate of drug-likeness (QED) is 0.901. The summed E-state index contributed by atoms with van der Waals surface area (Å²) in [6, 6.07) is 9.32. The highest BCUT2D eigenvalue weighted by Gasteiger charge is 2.18. The molecule has 2 aromatic carbocycles. The highest BCUT2D eigenvalue weighted by Crippen LogP contribution is 2.33. The molecule has 5 heteroatoms. The van der Waals surface area contributed by atoms with Gasteiger partial charge in [-0.25, -0.2) is 4.39 Å². The predicted molar refractivity (Wildman–Crippen MR) is 78.1 cm³/mol. The minimum atomic E-state index is -0.596. The van der Waals surface area contributed by atoms with E-state index in [9.17, 15) is 4.39 Å². The molecule has 0 fully saturated rings. The Bertz CT molecular complexity index is 586. The standard InChI is InChI=1S/C14H12BrClFNO/c1-19-12-7-8(5-6-10(12)16)14(18)13-9(15)3-2-4-11(13)17/h2-7,14H,18H2,1H3. The molecular weight excluding hydrogens is 333 g/mol. The minimum Gasteiger partial charge on any atom is -0.495 e. The van der Waals surface area contributed by atoms with Gasteiger partial charge >= 0.3 is 0 Å². The Morgan fingerprint density at radius 3 is 2.68 bits per heavy atom. The largest absolute Gasteiger partial charge is 0.495 e. The molecule has 1 atom stereocenters. The summed E-state index contributed by atoms with van der Waals surface area (Å²) < 4.78 is 19.7. The molecule has 0 heterocycles. The van der Waals surface area contributed by atoms with Crippen molar-refractivity contribution < 1.29 is 9.13 Å². The Morgan fingerprint density at radius 2 is 2.05 bits per heavy atom. The summed E-state index contributed by atoms with van der Waals surface area (Å²) in [5, 5.41) is 0.492. The van der Waals surface area contributed by atoms with Crippen LogP contribution in [0.15, 0.2) is 40.9 Å². The Balaban J connectivity index is 2.47. The molecule has 2 nitrogen and oxygen atoms in total. The first-order valence-electron chi connectivity index (χ1n) is 5.57. The molecule has 0 aliphatic carbocycles. The van der Waals surface area contributed by atoms with Crippen LogP contribution in [-0.2, 0) is 0 Å². The number of rotatable bonds is 3. The molecule has 0 amide bonds. The number of nitrogens with two attached hydrogens (primary N) is 1. The number of benzene rings is 2. The summed E-state index contributed by atoms with van der Waals surface area (Å²) in [6.07, 6.45) is 0. The van der Waals surface area contributed by atoms with Crippen LogP contribution in [0.2, 0.25) is 5.02 Å². The van der Waals surface area contributed by atoms with Crippen LogP contribution >= 0.6 is 27.5 Å². The molecule has 0 aromatic heterocycles. The maximum absolute atomic E-state index is 13.9. The molecule has 100 valence electrons. The van der Waals surface area contributed by atoms with Crippen molar-refractivity contribution in [3.63, 3.8) is 0 Å². The lowest BCUT2D eigenvalue weighted by molar-refractivity contribution is 0.414. The topological polar surface area (TPSA) is 35.2 Å². The van der Waals surface area contributed by atoms with Gasteiger partial charge in [0.25, 0.3) is 0 Å². The molecule has 0 saturated carbocycles. The number of hydrogen-bond acceptors (Lipinski definition) is 2. The second-order valence-corrected chi connectivity index (χ2v) is 5.27. The first kappa shape index (κ1) is 14.3. The number of halogens is 3. The van der Waals surface area contributed by atoms with Crippen molar-refractivity contribution in [3.8, 4) is 5.75 Å². The first-order chi connectivity index (χ1) is 9.04. The Labute approximate surface area is 124 Å². The van der Waals surface area contributed by atoms with E-state index >= 15 is 0 Å². The molecule has 0 saturated heterocycles. The molecule has 0 radical (unpaired) electrons. The monoisotopic (exact) mass is 343 g/mol. The van der Waals surface area contributed by atoms with Crippen LogP contribution in [0, 0.1) is 5.82 Å². The van der Waals surface area contributed by atoms with Crippen LogP contribution in [0.4, 0.5) is 4.39 Å². The van der Waals surface area contributed by atoms with Crippen LogP contribution in [0.1, 0.15) is 17.2 Å². The van der Waals surface area contributed by atoms with Crippen LogP contribution in [0.5, 0.6) is 5.75 Å². The lowest BCUT2D eigenvalue weighted by atomic mass is 9.99. The van der Waals surface area contributed by atoms with Crippen molar-refractivity contribution in [3.05, 3.63) is 62.8 Å². The average Bonchev–Trinajstić information content (AvgIpc) is 2.39. The Hall–Kier alpha value is -1.10. The van der Waals surface area contributed by atoms with Crippen molar-refractivity contribution >= 4 is 27.5 Å². The maximum Gasteiger partial charge on any atom is 0.137 e. The second kappa shape index (κ2) is 5.90. The van der Waals surface area contributed by atoms with Gasteiger partial charge in [0.1, 0.15) is 11.6 Å². The molecule has 2 aromatic rings. The van der Waals surface area contributed by atoms with Crippen molar-refractivity contribution in [1.82, 2.24) is 0 Å². The van der Waals surface area contributed by atoms with Gasteiger partial charge in [-0.2, -0.15) is 0 Å². The first-order valence-corrected chi connectivity index (χ1v) is 6.74. The maximum atomic E-state index is 13.9. The lowest BCUT2D eigenvalue weighted by Gasteiger charge is -2.16. The van der Waals surface area contributed by atoms with Gasteiger partial charge in [-0.1, -0.05) is 39.7 Å². The smallest absolute Gasteiger partial charge is 0.137 e. The van der Waals surface area contributed by atoms with Crippen molar-refractivity contribution in [2.75, 3.05) is 7.11 Å². The fourth-order valence-corrected chi connectivity index (χ4v) is 2.63. The van der Waals surface area contributed by atoms with E-state index < -0.39 is 6.04 Å². The second-order valence-electron chi connectivity index (χ2n) is 4.01. The van der Waals surface area contributed by atoms with E-state index in [-0.39, 0.29) is 5.82 Å². The van der Waals surface area contributed by atoms with Gasteiger partial charge in [0.05, 0.1) is 18.2 Å². The highest BCUT2D eigenvalue weighted by atomic mass is 79.9. The third-order valence-electron chi connectivity index (χ3n) is 2.85. The molecule has 0 spiro atoms. The van der Waals surface area contributed by atoms with Crippen molar-refractivity contribution in [1.29, 1.82) is 0 Å². The zero-order valence-electron chi connectivity index (χ0n) is 10.2. The summed E-state index contributed by atoms with van der Waals surface area (Å²) in [4.78, 5) is 0. The number of ether oxygens (including phenoxy) is 1. The normalized spacial score (nSPS) is 12.3. The van der Waals surface area contributed by atoms with Gasteiger partial charge in [0.2, 0.25) is 0 Å². The van der Waals surface area contributed by atoms with E-state index in [2.05, 4.69) is 15.9 Å². The van der Waals surface area contributed by atoms with Gasteiger partial charge in [-0.15, -0.1) is 0 Å². The summed E-state index contributed by atoms with van der Waals surface area (Å²) in [5.41, 5.74) is 7.26. The predicted octanol–water partition coefficient (Wildman–Crippen LogP) is 4.30. The average molecular weight is 345 g/mol. The van der Waals surface area contributed by atoms with Gasteiger partial charge < -0.3 is 10.5 Å². The fourth-order valence-electron chi connectivity index (χ4n) is 1.84. The fraction of sp³-hybridized carbons (Fsp3) is 0.143. The van der Waals surface area contributed by atoms with E-state index in [0.29, 0.717) is 20.8 Å². The van der Waals surface area contributed by atoms with Gasteiger partial charge in [0, 0.05) is 10.0 Å². The Kier molecular flexibility index (Phi) is 4.45. The Morgan fingerprint density at radius 1 is 1.32 bits per heavy atom. The van der Waals surface area contributed by atoms with Gasteiger partial charge in [-0.05, 0) is 29.8 Å². The zero-order valence-corrected chi connectivity index (χ0v) is 12.5. The van der Waals surface area contributed by atoms with Crippen LogP contribution < -0.4 is 10.5 Å².